The molecule has 38 heavy (non-hydrogen) atoms. The number of nitrogens with one attached hydrogen (secondary N) is 1. The number of nitrogens with zero attached hydrogens (tertiary/aromatic N) is 3. The Labute approximate surface area is 219 Å². The summed E-state index contributed by atoms with van der Waals surface area (Å²) in [6.45, 7) is -0.334. The number of hydrogen-bond acceptors (Lipinski definition) is 6. The predicted molar refractivity (Wildman–Crippen MR) is 142 cm³/mol. The molecule has 0 saturated carbocycles. The van der Waals surface area contributed by atoms with Crippen molar-refractivity contribution in [3.05, 3.63) is 91.0 Å². The van der Waals surface area contributed by atoms with Gasteiger partial charge in [0.25, 0.3) is 5.91 Å². The molecule has 9 nitrogen and oxygen atoms in total. The highest BCUT2D eigenvalue weighted by Crippen LogP contribution is 2.33. The van der Waals surface area contributed by atoms with Gasteiger partial charge in [0.2, 0.25) is 5.91 Å². The molecular formula is C29H26N4O5. The molecule has 3 aromatic carbocycles. The van der Waals surface area contributed by atoms with Crippen LogP contribution in [0.25, 0.3) is 16.9 Å². The lowest BCUT2D eigenvalue weighted by molar-refractivity contribution is -0.151. The summed E-state index contributed by atoms with van der Waals surface area (Å²) < 4.78 is 12.3. The summed E-state index contributed by atoms with van der Waals surface area (Å²) in [7, 11) is 1.52. The summed E-state index contributed by atoms with van der Waals surface area (Å²) in [4.78, 5) is 39.6. The van der Waals surface area contributed by atoms with Crippen LogP contribution in [0.4, 0.5) is 11.5 Å². The normalized spacial score (nSPS) is 14.8. The van der Waals surface area contributed by atoms with E-state index in [0.29, 0.717) is 22.9 Å². The molecule has 0 spiro atoms. The van der Waals surface area contributed by atoms with E-state index in [1.165, 1.54) is 12.0 Å². The lowest BCUT2D eigenvalue weighted by Crippen LogP contribution is -2.28. The molecule has 0 bridgehead atoms. The first-order valence-corrected chi connectivity index (χ1v) is 12.1. The molecule has 1 saturated heterocycles. The minimum atomic E-state index is -0.681. The summed E-state index contributed by atoms with van der Waals surface area (Å²) in [5, 5.41) is 7.46. The maximum atomic E-state index is 12.8. The van der Waals surface area contributed by atoms with E-state index in [9.17, 15) is 14.4 Å². The van der Waals surface area contributed by atoms with Crippen LogP contribution >= 0.6 is 0 Å². The highest BCUT2D eigenvalue weighted by atomic mass is 16.5. The first-order chi connectivity index (χ1) is 18.5. The molecule has 0 aliphatic carbocycles. The van der Waals surface area contributed by atoms with Gasteiger partial charge in [0.15, 0.2) is 6.61 Å². The van der Waals surface area contributed by atoms with Crippen LogP contribution in [0.15, 0.2) is 91.0 Å². The van der Waals surface area contributed by atoms with E-state index in [1.54, 1.807) is 35.0 Å². The van der Waals surface area contributed by atoms with E-state index in [4.69, 9.17) is 9.47 Å². The fourth-order valence-corrected chi connectivity index (χ4v) is 4.37. The number of amides is 2. The molecule has 5 rings (SSSR count). The number of benzene rings is 3. The van der Waals surface area contributed by atoms with E-state index >= 15 is 0 Å². The number of methoxy groups -OCH3 is 1. The van der Waals surface area contributed by atoms with Gasteiger partial charge in [0.1, 0.15) is 11.6 Å². The first-order valence-electron chi connectivity index (χ1n) is 12.1. The van der Waals surface area contributed by atoms with Crippen LogP contribution in [0.3, 0.4) is 0 Å². The quantitative estimate of drug-likeness (QED) is 0.359. The van der Waals surface area contributed by atoms with Crippen LogP contribution < -0.4 is 15.0 Å². The summed E-state index contributed by atoms with van der Waals surface area (Å²) in [6.07, 6.45) is -0.000283. The second-order valence-corrected chi connectivity index (χ2v) is 8.76. The fourth-order valence-electron chi connectivity index (χ4n) is 4.37. The van der Waals surface area contributed by atoms with E-state index in [-0.39, 0.29) is 18.9 Å². The molecule has 1 aliphatic heterocycles. The zero-order valence-electron chi connectivity index (χ0n) is 20.7. The van der Waals surface area contributed by atoms with Gasteiger partial charge in [-0.25, -0.2) is 4.68 Å². The van der Waals surface area contributed by atoms with Gasteiger partial charge in [0, 0.05) is 24.6 Å². The lowest BCUT2D eigenvalue weighted by Gasteiger charge is -2.19. The van der Waals surface area contributed by atoms with Crippen molar-refractivity contribution in [1.29, 1.82) is 0 Å². The van der Waals surface area contributed by atoms with Crippen molar-refractivity contribution in [2.75, 3.05) is 30.5 Å². The van der Waals surface area contributed by atoms with E-state index in [0.717, 1.165) is 11.3 Å². The second-order valence-electron chi connectivity index (χ2n) is 8.76. The zero-order valence-corrected chi connectivity index (χ0v) is 20.7. The van der Waals surface area contributed by atoms with Gasteiger partial charge >= 0.3 is 5.97 Å². The first kappa shape index (κ1) is 24.8. The van der Waals surface area contributed by atoms with Gasteiger partial charge in [0.05, 0.1) is 30.1 Å². The third kappa shape index (κ3) is 5.27. The largest absolute Gasteiger partial charge is 0.495 e. The van der Waals surface area contributed by atoms with Crippen molar-refractivity contribution >= 4 is 29.3 Å². The highest BCUT2D eigenvalue weighted by Gasteiger charge is 2.37. The molecule has 1 aromatic heterocycles. The SMILES string of the molecule is COc1ccccc1N1C[C@@H](C(=O)OCC(=O)Nc2cc(-c3ccccc3)nn2-c2ccccc2)CC1=O. The second kappa shape index (κ2) is 11.0. The summed E-state index contributed by atoms with van der Waals surface area (Å²) in [5.74, 6) is -1.03. The van der Waals surface area contributed by atoms with Crippen molar-refractivity contribution in [1.82, 2.24) is 9.78 Å². The molecule has 192 valence electrons. The minimum absolute atomic E-state index is 0.000283. The van der Waals surface area contributed by atoms with Crippen LogP contribution in [0, 0.1) is 5.92 Å². The summed E-state index contributed by atoms with van der Waals surface area (Å²) in [6, 6.07) is 27.9. The topological polar surface area (TPSA) is 103 Å². The number of esters is 1. The van der Waals surface area contributed by atoms with Crippen LogP contribution in [0.1, 0.15) is 6.42 Å². The lowest BCUT2D eigenvalue weighted by atomic mass is 10.1. The van der Waals surface area contributed by atoms with Crippen molar-refractivity contribution in [3.63, 3.8) is 0 Å². The number of para-hydroxylation sites is 3. The van der Waals surface area contributed by atoms with Gasteiger partial charge in [-0.05, 0) is 24.3 Å². The average molecular weight is 511 g/mol. The molecule has 1 aliphatic rings. The van der Waals surface area contributed by atoms with E-state index < -0.39 is 24.4 Å². The number of anilines is 2. The third-order valence-electron chi connectivity index (χ3n) is 6.23. The fraction of sp³-hybridized carbons (Fsp3) is 0.172. The monoisotopic (exact) mass is 510 g/mol. The molecule has 2 amide bonds. The molecule has 1 fully saturated rings. The number of hydrogen-bond donors (Lipinski definition) is 1. The van der Waals surface area contributed by atoms with Gasteiger partial charge in [-0.2, -0.15) is 5.10 Å². The highest BCUT2D eigenvalue weighted by molar-refractivity contribution is 6.01. The molecule has 1 N–H and O–H groups in total. The van der Waals surface area contributed by atoms with Crippen LogP contribution in [-0.4, -0.2) is 47.8 Å². The number of carbonyl (C=O) groups excluding carboxylic acids is 3. The molecule has 1 atom stereocenters. The number of aromatic nitrogens is 2. The van der Waals surface area contributed by atoms with E-state index in [2.05, 4.69) is 10.4 Å². The Balaban J connectivity index is 1.25. The molecule has 2 heterocycles. The van der Waals surface area contributed by atoms with Crippen LogP contribution in [-0.2, 0) is 19.1 Å². The Bertz CT molecular complexity index is 1450. The Hall–Kier alpha value is -4.92. The van der Waals surface area contributed by atoms with Gasteiger partial charge < -0.3 is 19.7 Å². The van der Waals surface area contributed by atoms with Gasteiger partial charge in [-0.3, -0.25) is 14.4 Å². The molecule has 0 unspecified atom stereocenters. The molecule has 4 aromatic rings. The minimum Gasteiger partial charge on any atom is -0.495 e. The van der Waals surface area contributed by atoms with Crippen LogP contribution in [0.2, 0.25) is 0 Å². The van der Waals surface area contributed by atoms with Crippen molar-refractivity contribution < 1.29 is 23.9 Å². The standard InChI is InChI=1S/C29H26N4O5/c1-37-25-15-9-8-14-24(25)32-18-21(16-28(32)35)29(36)38-19-27(34)30-26-17-23(20-10-4-2-5-11-20)31-33(26)22-12-6-3-7-13-22/h2-15,17,21H,16,18-19H2,1H3,(H,30,34)/t21-/m0/s1. The van der Waals surface area contributed by atoms with E-state index in [1.807, 2.05) is 60.7 Å². The third-order valence-corrected chi connectivity index (χ3v) is 6.23. The summed E-state index contributed by atoms with van der Waals surface area (Å²) in [5.41, 5.74) is 2.94. The average Bonchev–Trinajstić information content (AvgIpc) is 3.56. The number of rotatable bonds is 8. The number of ether oxygens (including phenoxy) is 2. The Morgan fingerprint density at radius 2 is 1.66 bits per heavy atom. The maximum Gasteiger partial charge on any atom is 0.311 e. The summed E-state index contributed by atoms with van der Waals surface area (Å²) >= 11 is 0. The van der Waals surface area contributed by atoms with Gasteiger partial charge in [-0.1, -0.05) is 60.7 Å². The Kier molecular flexibility index (Phi) is 7.17. The van der Waals surface area contributed by atoms with Crippen molar-refractivity contribution in [2.24, 2.45) is 5.92 Å². The van der Waals surface area contributed by atoms with Gasteiger partial charge in [-0.15, -0.1) is 0 Å². The Morgan fingerprint density at radius 1 is 0.974 bits per heavy atom. The van der Waals surface area contributed by atoms with Crippen molar-refractivity contribution in [2.45, 2.75) is 6.42 Å². The Morgan fingerprint density at radius 3 is 2.39 bits per heavy atom. The molecule has 9 heteroatoms. The number of carbonyl (C=O) groups is 3. The molecular weight excluding hydrogens is 484 g/mol. The zero-order chi connectivity index (χ0) is 26.5. The smallest absolute Gasteiger partial charge is 0.311 e. The predicted octanol–water partition coefficient (Wildman–Crippen LogP) is 4.08. The van der Waals surface area contributed by atoms with Crippen molar-refractivity contribution in [3.8, 4) is 22.7 Å². The molecule has 0 radical (unpaired) electrons. The van der Waals surface area contributed by atoms with Crippen LogP contribution in [0.5, 0.6) is 5.75 Å². The maximum absolute atomic E-state index is 12.8.